The van der Waals surface area contributed by atoms with E-state index in [-0.39, 0.29) is 12.5 Å². The van der Waals surface area contributed by atoms with Gasteiger partial charge in [-0.3, -0.25) is 0 Å². The number of halogens is 3. The van der Waals surface area contributed by atoms with Gasteiger partial charge in [0.25, 0.3) is 0 Å². The number of carbonyl (C=O) groups is 2. The number of ether oxygens (including phenoxy) is 1. The van der Waals surface area contributed by atoms with Crippen molar-refractivity contribution in [3.8, 4) is 16.9 Å². The quantitative estimate of drug-likeness (QED) is 0.401. The van der Waals surface area contributed by atoms with Crippen LogP contribution >= 0.6 is 15.9 Å². The molecule has 3 N–H and O–H groups in total. The van der Waals surface area contributed by atoms with E-state index in [0.29, 0.717) is 6.07 Å². The third kappa shape index (κ3) is 4.41. The van der Waals surface area contributed by atoms with Crippen LogP contribution in [-0.4, -0.2) is 34.9 Å². The van der Waals surface area contributed by atoms with E-state index in [4.69, 9.17) is 4.74 Å². The Morgan fingerprint density at radius 3 is 2.21 bits per heavy atom. The maximum atomic E-state index is 14.3. The van der Waals surface area contributed by atoms with Gasteiger partial charge in [-0.15, -0.1) is 0 Å². The van der Waals surface area contributed by atoms with Gasteiger partial charge < -0.3 is 20.3 Å². The summed E-state index contributed by atoms with van der Waals surface area (Å²) in [6, 6.07) is 14.5. The molecule has 0 radical (unpaired) electrons. The first-order valence-corrected chi connectivity index (χ1v) is 10.8. The summed E-state index contributed by atoms with van der Waals surface area (Å²) in [5.41, 5.74) is 3.45. The number of amides is 1. The van der Waals surface area contributed by atoms with Gasteiger partial charge in [0.1, 0.15) is 30.0 Å². The number of fused-ring (bicyclic) bond motifs is 3. The highest BCUT2D eigenvalue weighted by atomic mass is 79.9. The topological polar surface area (TPSA) is 95.9 Å². The minimum absolute atomic E-state index is 0.0420. The van der Waals surface area contributed by atoms with Gasteiger partial charge in [-0.2, -0.15) is 0 Å². The van der Waals surface area contributed by atoms with Crippen molar-refractivity contribution in [1.29, 1.82) is 0 Å². The zero-order valence-electron chi connectivity index (χ0n) is 17.0. The summed E-state index contributed by atoms with van der Waals surface area (Å²) in [5, 5.41) is 21.1. The highest BCUT2D eigenvalue weighted by Gasteiger charge is 2.30. The molecule has 1 aliphatic carbocycles. The molecule has 33 heavy (non-hydrogen) atoms. The summed E-state index contributed by atoms with van der Waals surface area (Å²) in [6.07, 6.45) is -1.71. The van der Waals surface area contributed by atoms with Crippen LogP contribution in [0.3, 0.4) is 0 Å². The molecule has 1 amide bonds. The van der Waals surface area contributed by atoms with E-state index in [0.717, 1.165) is 22.3 Å². The van der Waals surface area contributed by atoms with Crippen LogP contribution in [0.4, 0.5) is 13.6 Å². The van der Waals surface area contributed by atoms with Crippen molar-refractivity contribution in [2.24, 2.45) is 0 Å². The van der Waals surface area contributed by atoms with Crippen LogP contribution in [0.1, 0.15) is 22.6 Å². The smallest absolute Gasteiger partial charge is 0.407 e. The van der Waals surface area contributed by atoms with Gasteiger partial charge in [-0.05, 0) is 38.2 Å². The second-order valence-electron chi connectivity index (χ2n) is 7.55. The fourth-order valence-corrected chi connectivity index (χ4v) is 4.35. The number of hydrogen-bond acceptors (Lipinski definition) is 4. The minimum Gasteiger partial charge on any atom is -0.507 e. The number of aliphatic carboxylic acids is 1. The van der Waals surface area contributed by atoms with Crippen LogP contribution in [0.5, 0.6) is 5.75 Å². The van der Waals surface area contributed by atoms with Crippen LogP contribution in [-0.2, 0) is 16.0 Å². The Morgan fingerprint density at radius 2 is 1.64 bits per heavy atom. The van der Waals surface area contributed by atoms with Crippen molar-refractivity contribution in [3.05, 3.63) is 87.4 Å². The van der Waals surface area contributed by atoms with E-state index in [1.807, 2.05) is 48.5 Å². The average Bonchev–Trinajstić information content (AvgIpc) is 3.12. The monoisotopic (exact) mass is 517 g/mol. The molecule has 3 aromatic rings. The molecule has 9 heteroatoms. The highest BCUT2D eigenvalue weighted by molar-refractivity contribution is 9.10. The number of hydrogen-bond donors (Lipinski definition) is 3. The Morgan fingerprint density at radius 1 is 1.06 bits per heavy atom. The summed E-state index contributed by atoms with van der Waals surface area (Å²) < 4.78 is 33.4. The first-order valence-electron chi connectivity index (χ1n) is 9.97. The fraction of sp³-hybridized carbons (Fsp3) is 0.167. The number of aromatic hydroxyl groups is 1. The number of nitrogens with one attached hydrogen (secondary N) is 1. The van der Waals surface area contributed by atoms with E-state index >= 15 is 0 Å². The normalized spacial score (nSPS) is 13.2. The van der Waals surface area contributed by atoms with Crippen molar-refractivity contribution in [1.82, 2.24) is 5.32 Å². The molecule has 0 saturated carbocycles. The van der Waals surface area contributed by atoms with Crippen molar-refractivity contribution >= 4 is 28.0 Å². The van der Waals surface area contributed by atoms with Crippen LogP contribution in [0.15, 0.2) is 59.1 Å². The van der Waals surface area contributed by atoms with Gasteiger partial charge >= 0.3 is 12.1 Å². The molecular formula is C24H18BrF2NO5. The third-order valence-electron chi connectivity index (χ3n) is 5.58. The van der Waals surface area contributed by atoms with Crippen molar-refractivity contribution in [3.63, 3.8) is 0 Å². The molecule has 0 aromatic heterocycles. The van der Waals surface area contributed by atoms with Gasteiger partial charge in [-0.1, -0.05) is 48.5 Å². The molecule has 6 nitrogen and oxygen atoms in total. The second kappa shape index (κ2) is 9.19. The highest BCUT2D eigenvalue weighted by Crippen LogP contribution is 2.44. The summed E-state index contributed by atoms with van der Waals surface area (Å²) in [4.78, 5) is 24.0. The molecule has 0 heterocycles. The van der Waals surface area contributed by atoms with Gasteiger partial charge in [-0.25, -0.2) is 18.4 Å². The molecule has 0 bridgehead atoms. The summed E-state index contributed by atoms with van der Waals surface area (Å²) in [5.74, 6) is -4.66. The Kier molecular flexibility index (Phi) is 6.33. The zero-order chi connectivity index (χ0) is 23.7. The second-order valence-corrected chi connectivity index (χ2v) is 8.34. The Labute approximate surface area is 196 Å². The summed E-state index contributed by atoms with van der Waals surface area (Å²) in [7, 11) is 0. The van der Waals surface area contributed by atoms with Crippen molar-refractivity contribution in [2.75, 3.05) is 6.61 Å². The Hall–Kier alpha value is -3.46. The molecule has 0 saturated heterocycles. The number of benzene rings is 3. The number of phenolic OH excluding ortho intramolecular Hbond substituents is 1. The summed E-state index contributed by atoms with van der Waals surface area (Å²) >= 11 is 2.78. The van der Waals surface area contributed by atoms with Crippen molar-refractivity contribution < 1.29 is 33.3 Å². The van der Waals surface area contributed by atoms with E-state index in [2.05, 4.69) is 21.2 Å². The number of rotatable bonds is 6. The van der Waals surface area contributed by atoms with E-state index in [9.17, 15) is 28.6 Å². The third-order valence-corrected chi connectivity index (χ3v) is 6.33. The van der Waals surface area contributed by atoms with Crippen LogP contribution in [0.2, 0.25) is 0 Å². The molecule has 4 rings (SSSR count). The lowest BCUT2D eigenvalue weighted by Gasteiger charge is -2.18. The lowest BCUT2D eigenvalue weighted by atomic mass is 9.98. The number of carboxylic acid groups (broad SMARTS) is 1. The molecule has 0 spiro atoms. The minimum atomic E-state index is -1.65. The van der Waals surface area contributed by atoms with Gasteiger partial charge in [0.05, 0.1) is 4.47 Å². The maximum Gasteiger partial charge on any atom is 0.407 e. The Balaban J connectivity index is 1.47. The standard InChI is InChI=1S/C24H18BrF2NO5/c25-21-20(29)10-18(26)16(22(21)27)9-19(23(30)31)28-24(32)33-11-17-14-7-3-1-5-12(14)13-6-2-4-8-15(13)17/h1-8,10,17,19,29H,9,11H2,(H,28,32)(H,30,31). The lowest BCUT2D eigenvalue weighted by Crippen LogP contribution is -2.43. The molecule has 0 aliphatic heterocycles. The van der Waals surface area contributed by atoms with Gasteiger partial charge in [0, 0.05) is 24.0 Å². The van der Waals surface area contributed by atoms with E-state index in [1.54, 1.807) is 0 Å². The SMILES string of the molecule is O=C(NC(Cc1c(F)cc(O)c(Br)c1F)C(=O)O)OCC1c2ccccc2-c2ccccc21. The molecule has 0 fully saturated rings. The zero-order valence-corrected chi connectivity index (χ0v) is 18.6. The maximum absolute atomic E-state index is 14.3. The van der Waals surface area contributed by atoms with Gasteiger partial charge in [0.2, 0.25) is 0 Å². The molecule has 1 atom stereocenters. The summed E-state index contributed by atoms with van der Waals surface area (Å²) in [6.45, 7) is -0.0420. The average molecular weight is 518 g/mol. The largest absolute Gasteiger partial charge is 0.507 e. The predicted octanol–water partition coefficient (Wildman–Crippen LogP) is 4.97. The number of carbonyl (C=O) groups excluding carboxylic acids is 1. The predicted molar refractivity (Wildman–Crippen MR) is 119 cm³/mol. The molecule has 1 unspecified atom stereocenters. The van der Waals surface area contributed by atoms with E-state index < -0.39 is 51.9 Å². The van der Waals surface area contributed by atoms with Crippen LogP contribution in [0, 0.1) is 11.6 Å². The number of phenols is 1. The first kappa shape index (κ1) is 22.7. The van der Waals surface area contributed by atoms with Crippen LogP contribution < -0.4 is 5.32 Å². The van der Waals surface area contributed by atoms with Crippen LogP contribution in [0.25, 0.3) is 11.1 Å². The first-order chi connectivity index (χ1) is 15.8. The Bertz CT molecular complexity index is 1200. The molecular weight excluding hydrogens is 500 g/mol. The number of alkyl carbamates (subject to hydrolysis) is 1. The number of carboxylic acids is 1. The van der Waals surface area contributed by atoms with E-state index in [1.165, 1.54) is 0 Å². The fourth-order valence-electron chi connectivity index (χ4n) is 3.99. The van der Waals surface area contributed by atoms with Crippen molar-refractivity contribution in [2.45, 2.75) is 18.4 Å². The lowest BCUT2D eigenvalue weighted by molar-refractivity contribution is -0.139. The molecule has 3 aromatic carbocycles. The molecule has 1 aliphatic rings. The van der Waals surface area contributed by atoms with Gasteiger partial charge in [0.15, 0.2) is 0 Å². The molecule has 170 valence electrons.